The highest BCUT2D eigenvalue weighted by Crippen LogP contribution is 2.39. The Bertz CT molecular complexity index is 2660. The lowest BCUT2D eigenvalue weighted by molar-refractivity contribution is -0.139. The maximum Gasteiger partial charge on any atom is 0.341 e. The molecule has 64 heavy (non-hydrogen) atoms. The van der Waals surface area contributed by atoms with Gasteiger partial charge in [0.1, 0.15) is 21.4 Å². The summed E-state index contributed by atoms with van der Waals surface area (Å²) >= 11 is 24.0. The standard InChI is InChI=1S/C21H16Cl2FNO4S.C21H15Cl2FO5S.C3H7N/c2*22-16-9-17(23)21(29-11-20(25)26)19(10-16)30(27,28)12-15-8-14(6-7-18(15)24)13-4-2-1-3-5-13;1-2-4-3-1/h1-10H,11-12H2,(H2,25,26);1-10H,11-12H2,(H,25,26);4H,1-3H2. The van der Waals surface area contributed by atoms with Gasteiger partial charge < -0.3 is 25.6 Å². The number of nitrogens with two attached hydrogens (primary N) is 1. The lowest BCUT2D eigenvalue weighted by Gasteiger charge is -2.14. The van der Waals surface area contributed by atoms with E-state index in [4.69, 9.17) is 66.7 Å². The molecule has 0 atom stereocenters. The maximum atomic E-state index is 14.4. The predicted octanol–water partition coefficient (Wildman–Crippen LogP) is 9.85. The third kappa shape index (κ3) is 13.9. The lowest BCUT2D eigenvalue weighted by atomic mass is 10.0. The monoisotopic (exact) mass is 992 g/mol. The zero-order valence-electron chi connectivity index (χ0n) is 33.4. The fourth-order valence-corrected chi connectivity index (χ4v) is 10.3. The van der Waals surface area contributed by atoms with Crippen LogP contribution >= 0.6 is 46.4 Å². The zero-order chi connectivity index (χ0) is 46.6. The summed E-state index contributed by atoms with van der Waals surface area (Å²) in [7, 11) is -8.33. The van der Waals surface area contributed by atoms with Gasteiger partial charge in [0, 0.05) is 21.2 Å². The van der Waals surface area contributed by atoms with Crippen LogP contribution in [0.2, 0.25) is 20.1 Å². The number of benzene rings is 6. The Morgan fingerprint density at radius 2 is 0.969 bits per heavy atom. The van der Waals surface area contributed by atoms with E-state index in [-0.39, 0.29) is 47.6 Å². The van der Waals surface area contributed by atoms with Gasteiger partial charge in [0.25, 0.3) is 5.91 Å². The van der Waals surface area contributed by atoms with E-state index < -0.39 is 72.8 Å². The average molecular weight is 995 g/mol. The van der Waals surface area contributed by atoms with Crippen LogP contribution in [-0.2, 0) is 40.8 Å². The second-order valence-corrected chi connectivity index (χ2v) is 19.4. The van der Waals surface area contributed by atoms with E-state index in [1.165, 1.54) is 55.9 Å². The molecule has 19 heteroatoms. The molecule has 6 aromatic rings. The number of carbonyl (C=O) groups is 2. The number of carboxylic acids is 1. The highest BCUT2D eigenvalue weighted by molar-refractivity contribution is 7.91. The van der Waals surface area contributed by atoms with Crippen molar-refractivity contribution in [3.8, 4) is 33.8 Å². The topological polar surface area (TPSA) is 179 Å². The molecule has 336 valence electrons. The first-order chi connectivity index (χ1) is 30.3. The van der Waals surface area contributed by atoms with Gasteiger partial charge in [0.2, 0.25) is 0 Å². The molecule has 1 aliphatic heterocycles. The van der Waals surface area contributed by atoms with Crippen molar-refractivity contribution in [1.29, 1.82) is 0 Å². The number of rotatable bonds is 14. The predicted molar refractivity (Wildman–Crippen MR) is 244 cm³/mol. The number of ether oxygens (including phenoxy) is 2. The van der Waals surface area contributed by atoms with Crippen LogP contribution in [0.25, 0.3) is 22.3 Å². The second-order valence-electron chi connectivity index (χ2n) is 13.8. The van der Waals surface area contributed by atoms with Crippen molar-refractivity contribution in [3.05, 3.63) is 164 Å². The van der Waals surface area contributed by atoms with E-state index >= 15 is 0 Å². The van der Waals surface area contributed by atoms with Crippen molar-refractivity contribution in [2.24, 2.45) is 5.73 Å². The summed E-state index contributed by atoms with van der Waals surface area (Å²) in [5.74, 6) is -5.46. The van der Waals surface area contributed by atoms with Gasteiger partial charge in [-0.2, -0.15) is 0 Å². The van der Waals surface area contributed by atoms with Crippen LogP contribution in [0.4, 0.5) is 8.78 Å². The molecule has 1 amide bonds. The Labute approximate surface area is 388 Å². The molecule has 0 bridgehead atoms. The fourth-order valence-electron chi connectivity index (χ4n) is 5.83. The second kappa shape index (κ2) is 22.6. The molecule has 0 radical (unpaired) electrons. The highest BCUT2D eigenvalue weighted by Gasteiger charge is 2.27. The van der Waals surface area contributed by atoms with Crippen LogP contribution in [0.1, 0.15) is 17.5 Å². The Morgan fingerprint density at radius 3 is 1.31 bits per heavy atom. The van der Waals surface area contributed by atoms with Gasteiger partial charge in [-0.05, 0) is 90.3 Å². The number of halogens is 6. The Kier molecular flexibility index (Phi) is 17.5. The molecule has 0 unspecified atom stereocenters. The first-order valence-corrected chi connectivity index (χ1v) is 23.7. The zero-order valence-corrected chi connectivity index (χ0v) is 38.0. The van der Waals surface area contributed by atoms with Gasteiger partial charge in [0.05, 0.1) is 21.6 Å². The van der Waals surface area contributed by atoms with Gasteiger partial charge in [-0.3, -0.25) is 4.79 Å². The van der Waals surface area contributed by atoms with Crippen LogP contribution in [0.5, 0.6) is 11.5 Å². The molecule has 0 aliphatic carbocycles. The molecule has 0 aromatic heterocycles. The van der Waals surface area contributed by atoms with Crippen LogP contribution in [0.3, 0.4) is 0 Å². The SMILES string of the molecule is C1CNC1.NC(=O)COc1c(Cl)cc(Cl)cc1S(=O)(=O)Cc1cc(-c2ccccc2)ccc1F.O=C(O)COc1c(Cl)cc(Cl)cc1S(=O)(=O)Cc1cc(-c2ccccc2)ccc1F. The summed E-state index contributed by atoms with van der Waals surface area (Å²) in [6, 6.07) is 31.4. The first kappa shape index (κ1) is 49.8. The largest absolute Gasteiger partial charge is 0.481 e. The minimum Gasteiger partial charge on any atom is -0.481 e. The smallest absolute Gasteiger partial charge is 0.341 e. The van der Waals surface area contributed by atoms with Crippen molar-refractivity contribution in [3.63, 3.8) is 0 Å². The molecule has 4 N–H and O–H groups in total. The molecule has 7 rings (SSSR count). The summed E-state index contributed by atoms with van der Waals surface area (Å²) in [6.45, 7) is 1.11. The van der Waals surface area contributed by atoms with Crippen LogP contribution < -0.4 is 20.5 Å². The van der Waals surface area contributed by atoms with Crippen molar-refractivity contribution in [2.45, 2.75) is 27.7 Å². The Balaban J connectivity index is 0.000000221. The van der Waals surface area contributed by atoms with E-state index in [0.717, 1.165) is 23.3 Å². The highest BCUT2D eigenvalue weighted by atomic mass is 35.5. The van der Waals surface area contributed by atoms with Gasteiger partial charge in [-0.25, -0.2) is 30.4 Å². The van der Waals surface area contributed by atoms with E-state index in [9.17, 15) is 35.2 Å². The summed E-state index contributed by atoms with van der Waals surface area (Å²) in [4.78, 5) is 21.1. The number of sulfone groups is 2. The number of aliphatic carboxylic acids is 1. The van der Waals surface area contributed by atoms with Gasteiger partial charge in [0.15, 0.2) is 44.4 Å². The van der Waals surface area contributed by atoms with E-state index in [2.05, 4.69) is 5.32 Å². The summed E-state index contributed by atoms with van der Waals surface area (Å²) in [5, 5.41) is 11.7. The van der Waals surface area contributed by atoms with Crippen molar-refractivity contribution in [2.75, 3.05) is 26.3 Å². The van der Waals surface area contributed by atoms with E-state index in [1.807, 2.05) is 60.7 Å². The van der Waals surface area contributed by atoms with E-state index in [1.54, 1.807) is 12.1 Å². The van der Waals surface area contributed by atoms with Crippen LogP contribution in [0, 0.1) is 11.6 Å². The number of hydrogen-bond donors (Lipinski definition) is 3. The van der Waals surface area contributed by atoms with Crippen molar-refractivity contribution < 1.29 is 49.8 Å². The molecule has 1 fully saturated rings. The number of carbonyl (C=O) groups excluding carboxylic acids is 1. The first-order valence-electron chi connectivity index (χ1n) is 18.9. The number of hydrogen-bond acceptors (Lipinski definition) is 9. The molecule has 11 nitrogen and oxygen atoms in total. The van der Waals surface area contributed by atoms with Crippen LogP contribution in [-0.4, -0.2) is 60.1 Å². The minimum absolute atomic E-state index is 0.0137. The van der Waals surface area contributed by atoms with Crippen LogP contribution in [0.15, 0.2) is 131 Å². The normalized spacial score (nSPS) is 12.1. The summed E-state index contributed by atoms with van der Waals surface area (Å²) < 4.78 is 91.4. The molecular weight excluding hydrogens is 956 g/mol. The summed E-state index contributed by atoms with van der Waals surface area (Å²) in [6.07, 6.45) is 1.39. The number of carboxylic acid groups (broad SMARTS) is 1. The van der Waals surface area contributed by atoms with Gasteiger partial charge in [-0.1, -0.05) is 119 Å². The van der Waals surface area contributed by atoms with E-state index in [0.29, 0.717) is 11.1 Å². The molecule has 1 aliphatic rings. The van der Waals surface area contributed by atoms with Crippen molar-refractivity contribution >= 4 is 78.0 Å². The third-order valence-corrected chi connectivity index (χ3v) is 13.3. The molecule has 1 saturated heterocycles. The molecule has 6 aromatic carbocycles. The number of primary amides is 1. The number of nitrogens with one attached hydrogen (secondary N) is 1. The Morgan fingerprint density at radius 1 is 0.594 bits per heavy atom. The maximum absolute atomic E-state index is 14.4. The van der Waals surface area contributed by atoms with Gasteiger partial charge in [-0.15, -0.1) is 0 Å². The van der Waals surface area contributed by atoms with Gasteiger partial charge >= 0.3 is 5.97 Å². The third-order valence-electron chi connectivity index (χ3n) is 9.02. The molecule has 1 heterocycles. The molecular formula is C45H38Cl4F2N2O9S2. The lowest BCUT2D eigenvalue weighted by Crippen LogP contribution is -2.29. The summed E-state index contributed by atoms with van der Waals surface area (Å²) in [5.41, 5.74) is 7.89. The quantitative estimate of drug-likeness (QED) is 0.0951. The minimum atomic E-state index is -4.19. The Hall–Kier alpha value is -5.26. The average Bonchev–Trinajstić information content (AvgIpc) is 3.21. The molecule has 0 saturated carbocycles. The van der Waals surface area contributed by atoms with Crippen molar-refractivity contribution in [1.82, 2.24) is 5.32 Å². The fraction of sp³-hybridized carbons (Fsp3) is 0.156. The number of amides is 1. The molecule has 0 spiro atoms.